The van der Waals surface area contributed by atoms with Crippen LogP contribution in [0.2, 0.25) is 0 Å². The second-order valence-corrected chi connectivity index (χ2v) is 7.51. The van der Waals surface area contributed by atoms with Gasteiger partial charge in [-0.15, -0.1) is 0 Å². The number of hydrogen-bond acceptors (Lipinski definition) is 4. The maximum Gasteiger partial charge on any atom is 0.320 e. The molecule has 3 rings (SSSR count). The lowest BCUT2D eigenvalue weighted by atomic mass is 9.92. The first kappa shape index (κ1) is 18.6. The number of rotatable bonds is 4. The van der Waals surface area contributed by atoms with Gasteiger partial charge in [0.15, 0.2) is 5.82 Å². The summed E-state index contributed by atoms with van der Waals surface area (Å²) in [7, 11) is 0. The Hall–Kier alpha value is -3.16. The van der Waals surface area contributed by atoms with Gasteiger partial charge in [0.05, 0.1) is 17.4 Å². The molecule has 1 aromatic carbocycles. The largest absolute Gasteiger partial charge is 0.328 e. The minimum atomic E-state index is -0.345. The second kappa shape index (κ2) is 7.22. The molecule has 142 valence electrons. The van der Waals surface area contributed by atoms with Gasteiger partial charge in [-0.1, -0.05) is 39.0 Å². The summed E-state index contributed by atoms with van der Waals surface area (Å²) in [6.45, 7) is 9.90. The summed E-state index contributed by atoms with van der Waals surface area (Å²) in [5.74, 6) is 1.84. The van der Waals surface area contributed by atoms with Gasteiger partial charge in [0.2, 0.25) is 0 Å². The van der Waals surface area contributed by atoms with Crippen molar-refractivity contribution in [2.45, 2.75) is 46.1 Å². The molecule has 0 aliphatic rings. The number of aromatic amines is 1. The Bertz CT molecular complexity index is 921. The number of nitrogens with one attached hydrogen (secondary N) is 3. The molecule has 0 radical (unpaired) electrons. The number of carbonyl (C=O) groups excluding carboxylic acids is 1. The van der Waals surface area contributed by atoms with Crippen LogP contribution in [0.1, 0.15) is 51.1 Å². The van der Waals surface area contributed by atoms with E-state index >= 15 is 0 Å². The Kier molecular flexibility index (Phi) is 4.98. The molecule has 0 spiro atoms. The second-order valence-electron chi connectivity index (χ2n) is 7.51. The summed E-state index contributed by atoms with van der Waals surface area (Å²) >= 11 is 0. The Labute approximate surface area is 158 Å². The van der Waals surface area contributed by atoms with Crippen LogP contribution in [0.4, 0.5) is 10.6 Å². The fraction of sp³-hybridized carbons (Fsp3) is 0.368. The summed E-state index contributed by atoms with van der Waals surface area (Å²) in [6, 6.07) is 10.9. The van der Waals surface area contributed by atoms with Crippen molar-refractivity contribution in [1.29, 1.82) is 0 Å². The lowest BCUT2D eigenvalue weighted by Crippen LogP contribution is -2.32. The van der Waals surface area contributed by atoms with Crippen LogP contribution in [-0.4, -0.2) is 31.0 Å². The molecule has 27 heavy (non-hydrogen) atoms. The molecule has 0 aliphatic carbocycles. The van der Waals surface area contributed by atoms with Crippen LogP contribution >= 0.6 is 0 Å². The van der Waals surface area contributed by atoms with Gasteiger partial charge in [-0.3, -0.25) is 10.4 Å². The van der Waals surface area contributed by atoms with Gasteiger partial charge >= 0.3 is 6.03 Å². The molecule has 0 bridgehead atoms. The van der Waals surface area contributed by atoms with Crippen LogP contribution in [0.5, 0.6) is 0 Å². The zero-order chi connectivity index (χ0) is 19.6. The Balaban J connectivity index is 1.82. The summed E-state index contributed by atoms with van der Waals surface area (Å²) in [4.78, 5) is 16.8. The van der Waals surface area contributed by atoms with E-state index in [1.54, 1.807) is 4.68 Å². The molecule has 2 amide bonds. The first-order valence-corrected chi connectivity index (χ1v) is 8.86. The van der Waals surface area contributed by atoms with E-state index in [-0.39, 0.29) is 17.5 Å². The van der Waals surface area contributed by atoms with Crippen LogP contribution in [-0.2, 0) is 5.41 Å². The van der Waals surface area contributed by atoms with Gasteiger partial charge in [0.1, 0.15) is 11.6 Å². The molecule has 0 unspecified atom stereocenters. The van der Waals surface area contributed by atoms with Crippen LogP contribution < -0.4 is 10.6 Å². The zero-order valence-electron chi connectivity index (χ0n) is 16.2. The number of carbonyl (C=O) groups is 1. The van der Waals surface area contributed by atoms with Crippen molar-refractivity contribution in [3.05, 3.63) is 53.7 Å². The molecule has 1 atom stereocenters. The standard InChI is InChI=1S/C19H25N7O/c1-12(17-21-13(2)23-24-17)20-18(27)22-16-11-15(19(3,4)5)25-26(16)14-9-7-6-8-10-14/h6-12H,1-5H3,(H2,20,22,27)(H,21,23,24)/t12-/m1/s1. The number of hydrogen-bond donors (Lipinski definition) is 3. The third-order valence-electron chi connectivity index (χ3n) is 4.07. The average Bonchev–Trinajstić information content (AvgIpc) is 3.22. The molecule has 8 heteroatoms. The van der Waals surface area contributed by atoms with Gasteiger partial charge in [0, 0.05) is 11.5 Å². The Morgan fingerprint density at radius 2 is 1.93 bits per heavy atom. The predicted molar refractivity (Wildman–Crippen MR) is 104 cm³/mol. The quantitative estimate of drug-likeness (QED) is 0.657. The van der Waals surface area contributed by atoms with E-state index < -0.39 is 0 Å². The minimum absolute atomic E-state index is 0.142. The van der Waals surface area contributed by atoms with Crippen molar-refractivity contribution >= 4 is 11.8 Å². The molecular weight excluding hydrogens is 342 g/mol. The fourth-order valence-electron chi connectivity index (χ4n) is 2.57. The normalized spacial score (nSPS) is 12.6. The highest BCUT2D eigenvalue weighted by molar-refractivity contribution is 5.89. The van der Waals surface area contributed by atoms with E-state index in [0.717, 1.165) is 11.4 Å². The topological polar surface area (TPSA) is 101 Å². The number of amides is 2. The van der Waals surface area contributed by atoms with Crippen molar-refractivity contribution in [2.75, 3.05) is 5.32 Å². The molecule has 2 aromatic heterocycles. The molecule has 3 N–H and O–H groups in total. The Morgan fingerprint density at radius 1 is 1.22 bits per heavy atom. The molecule has 2 heterocycles. The molecule has 8 nitrogen and oxygen atoms in total. The number of anilines is 1. The van der Waals surface area contributed by atoms with Gasteiger partial charge in [0.25, 0.3) is 0 Å². The fourth-order valence-corrected chi connectivity index (χ4v) is 2.57. The smallest absolute Gasteiger partial charge is 0.320 e. The summed E-state index contributed by atoms with van der Waals surface area (Å²) in [6.07, 6.45) is 0. The third kappa shape index (κ3) is 4.33. The summed E-state index contributed by atoms with van der Waals surface area (Å²) in [5, 5.41) is 17.3. The maximum absolute atomic E-state index is 12.5. The van der Waals surface area contributed by atoms with E-state index in [2.05, 4.69) is 51.7 Å². The SMILES string of the molecule is Cc1nc([C@@H](C)NC(=O)Nc2cc(C(C)(C)C)nn2-c2ccccc2)n[nH]1. The number of para-hydroxylation sites is 1. The lowest BCUT2D eigenvalue weighted by Gasteiger charge is -2.14. The first-order valence-electron chi connectivity index (χ1n) is 8.86. The van der Waals surface area contributed by atoms with Gasteiger partial charge in [-0.05, 0) is 26.0 Å². The van der Waals surface area contributed by atoms with Crippen LogP contribution in [0.25, 0.3) is 5.69 Å². The van der Waals surface area contributed by atoms with Gasteiger partial charge in [-0.25, -0.2) is 14.5 Å². The zero-order valence-corrected chi connectivity index (χ0v) is 16.2. The number of aryl methyl sites for hydroxylation is 1. The van der Waals surface area contributed by atoms with Crippen molar-refractivity contribution in [2.24, 2.45) is 0 Å². The van der Waals surface area contributed by atoms with Crippen molar-refractivity contribution in [3.63, 3.8) is 0 Å². The highest BCUT2D eigenvalue weighted by atomic mass is 16.2. The highest BCUT2D eigenvalue weighted by Gasteiger charge is 2.22. The molecule has 0 fully saturated rings. The predicted octanol–water partition coefficient (Wildman–Crippen LogP) is 3.48. The summed E-state index contributed by atoms with van der Waals surface area (Å²) < 4.78 is 1.74. The van der Waals surface area contributed by atoms with E-state index in [1.807, 2.05) is 50.2 Å². The minimum Gasteiger partial charge on any atom is -0.328 e. The number of H-pyrrole nitrogens is 1. The van der Waals surface area contributed by atoms with Crippen molar-refractivity contribution in [3.8, 4) is 5.69 Å². The highest BCUT2D eigenvalue weighted by Crippen LogP contribution is 2.26. The van der Waals surface area contributed by atoms with Crippen LogP contribution in [0.15, 0.2) is 36.4 Å². The molecule has 0 saturated carbocycles. The number of nitrogens with zero attached hydrogens (tertiary/aromatic N) is 4. The average molecular weight is 367 g/mol. The third-order valence-corrected chi connectivity index (χ3v) is 4.07. The monoisotopic (exact) mass is 367 g/mol. The van der Waals surface area contributed by atoms with E-state index in [4.69, 9.17) is 0 Å². The van der Waals surface area contributed by atoms with Crippen molar-refractivity contribution in [1.82, 2.24) is 30.3 Å². The molecule has 0 aliphatic heterocycles. The van der Waals surface area contributed by atoms with E-state index in [0.29, 0.717) is 17.5 Å². The molecule has 0 saturated heterocycles. The lowest BCUT2D eigenvalue weighted by molar-refractivity contribution is 0.249. The van der Waals surface area contributed by atoms with Crippen LogP contribution in [0.3, 0.4) is 0 Å². The summed E-state index contributed by atoms with van der Waals surface area (Å²) in [5.41, 5.74) is 1.62. The van der Waals surface area contributed by atoms with Crippen molar-refractivity contribution < 1.29 is 4.79 Å². The maximum atomic E-state index is 12.5. The van der Waals surface area contributed by atoms with Gasteiger partial charge < -0.3 is 5.32 Å². The number of urea groups is 1. The molecule has 3 aromatic rings. The molecular formula is C19H25N7O. The number of aromatic nitrogens is 5. The van der Waals surface area contributed by atoms with Gasteiger partial charge in [-0.2, -0.15) is 10.2 Å². The Morgan fingerprint density at radius 3 is 2.52 bits per heavy atom. The van der Waals surface area contributed by atoms with E-state index in [1.165, 1.54) is 0 Å². The van der Waals surface area contributed by atoms with E-state index in [9.17, 15) is 4.79 Å². The first-order chi connectivity index (χ1) is 12.7. The number of benzene rings is 1. The van der Waals surface area contributed by atoms with Crippen LogP contribution in [0, 0.1) is 6.92 Å².